The average molecular weight is 665 g/mol. The van der Waals surface area contributed by atoms with E-state index in [4.69, 9.17) is 24.4 Å². The van der Waals surface area contributed by atoms with E-state index in [0.29, 0.717) is 27.2 Å². The average Bonchev–Trinajstić information content (AvgIpc) is 2.94. The van der Waals surface area contributed by atoms with Gasteiger partial charge in [0, 0.05) is 36.8 Å². The first-order chi connectivity index (χ1) is 20.2. The van der Waals surface area contributed by atoms with Crippen LogP contribution in [-0.4, -0.2) is 53.2 Å². The van der Waals surface area contributed by atoms with Gasteiger partial charge in [0.25, 0.3) is 20.0 Å². The van der Waals surface area contributed by atoms with Gasteiger partial charge in [-0.3, -0.25) is 0 Å². The monoisotopic (exact) mass is 664 g/mol. The molecule has 3 aromatic rings. The predicted octanol–water partition coefficient (Wildman–Crippen LogP) is 2.85. The van der Waals surface area contributed by atoms with Crippen molar-refractivity contribution < 1.29 is 26.4 Å². The largest absolute Gasteiger partial charge is 0.366 e. The van der Waals surface area contributed by atoms with Gasteiger partial charge in [0.05, 0.1) is 9.79 Å². The van der Waals surface area contributed by atoms with E-state index >= 15 is 0 Å². The van der Waals surface area contributed by atoms with Gasteiger partial charge < -0.3 is 31.9 Å². The lowest BCUT2D eigenvalue weighted by molar-refractivity contribution is 0.255. The second kappa shape index (κ2) is 14.1. The predicted molar refractivity (Wildman–Crippen MR) is 173 cm³/mol. The molecule has 0 radical (unpaired) electrons. The highest BCUT2D eigenvalue weighted by Gasteiger charge is 2.20. The fourth-order valence-corrected chi connectivity index (χ4v) is 5.37. The van der Waals surface area contributed by atoms with E-state index in [0.717, 1.165) is 0 Å². The summed E-state index contributed by atoms with van der Waals surface area (Å²) in [6, 6.07) is 13.3. The van der Waals surface area contributed by atoms with E-state index in [1.807, 2.05) is 9.44 Å². The van der Waals surface area contributed by atoms with Crippen molar-refractivity contribution in [3.05, 3.63) is 72.3 Å². The van der Waals surface area contributed by atoms with E-state index in [-0.39, 0.29) is 21.2 Å². The standard InChI is InChI=1S/C25H28N8O6S4/c1-15-4-5-18(28-22(34)32-42(36,37)19-10-6-16(7-11-19)29-24(40)26-2)14-21(15)31-23(35)33-43(38,39)20-12-8-17(9-13-20)30-25(41)27-3/h4-14H,1-3H3,(H2,26,29,40)(H2,27,30,41)(H2,28,32,34)(H2,31,33,35). The molecule has 228 valence electrons. The second-order valence-corrected chi connectivity index (χ2v) is 12.8. The van der Waals surface area contributed by atoms with Gasteiger partial charge in [-0.25, -0.2) is 35.9 Å². The van der Waals surface area contributed by atoms with Crippen LogP contribution >= 0.6 is 24.4 Å². The summed E-state index contributed by atoms with van der Waals surface area (Å²) in [4.78, 5) is 24.7. The molecular formula is C25H28N8O6S4. The normalized spacial score (nSPS) is 11.0. The zero-order valence-electron chi connectivity index (χ0n) is 22.9. The summed E-state index contributed by atoms with van der Waals surface area (Å²) < 4.78 is 54.5. The maximum atomic E-state index is 12.7. The van der Waals surface area contributed by atoms with Crippen molar-refractivity contribution in [3.63, 3.8) is 0 Å². The first-order valence-electron chi connectivity index (χ1n) is 12.2. The molecule has 0 spiro atoms. The van der Waals surface area contributed by atoms with Gasteiger partial charge in [-0.1, -0.05) is 6.07 Å². The summed E-state index contributed by atoms with van der Waals surface area (Å²) in [6.45, 7) is 1.64. The Morgan fingerprint density at radius 1 is 0.581 bits per heavy atom. The number of thiocarbonyl (C=S) groups is 2. The minimum Gasteiger partial charge on any atom is -0.366 e. The van der Waals surface area contributed by atoms with E-state index < -0.39 is 32.1 Å². The number of carbonyl (C=O) groups is 2. The van der Waals surface area contributed by atoms with Crippen molar-refractivity contribution >= 4 is 89.5 Å². The van der Waals surface area contributed by atoms with Gasteiger partial charge in [0.2, 0.25) is 0 Å². The molecule has 0 saturated heterocycles. The molecule has 3 rings (SSSR count). The molecule has 14 nitrogen and oxygen atoms in total. The lowest BCUT2D eigenvalue weighted by Crippen LogP contribution is -2.35. The van der Waals surface area contributed by atoms with Crippen molar-refractivity contribution in [2.45, 2.75) is 16.7 Å². The van der Waals surface area contributed by atoms with Crippen LogP contribution in [-0.2, 0) is 20.0 Å². The highest BCUT2D eigenvalue weighted by molar-refractivity contribution is 7.90. The van der Waals surface area contributed by atoms with Crippen LogP contribution < -0.4 is 41.3 Å². The highest BCUT2D eigenvalue weighted by Crippen LogP contribution is 2.21. The number of nitrogens with one attached hydrogen (secondary N) is 8. The van der Waals surface area contributed by atoms with E-state index in [1.165, 1.54) is 66.7 Å². The van der Waals surface area contributed by atoms with Gasteiger partial charge in [-0.2, -0.15) is 0 Å². The van der Waals surface area contributed by atoms with Gasteiger partial charge >= 0.3 is 12.1 Å². The molecule has 3 aromatic carbocycles. The smallest absolute Gasteiger partial charge is 0.333 e. The number of aryl methyl sites for hydroxylation is 1. The Labute approximate surface area is 259 Å². The number of sulfonamides is 2. The van der Waals surface area contributed by atoms with Gasteiger partial charge in [-0.15, -0.1) is 0 Å². The van der Waals surface area contributed by atoms with Gasteiger partial charge in [-0.05, 0) is 97.6 Å². The van der Waals surface area contributed by atoms with Crippen molar-refractivity contribution in [3.8, 4) is 0 Å². The quantitative estimate of drug-likeness (QED) is 0.164. The van der Waals surface area contributed by atoms with E-state index in [9.17, 15) is 26.4 Å². The molecule has 0 saturated carbocycles. The van der Waals surface area contributed by atoms with Crippen molar-refractivity contribution in [1.29, 1.82) is 0 Å². The minimum atomic E-state index is -4.23. The van der Waals surface area contributed by atoms with Gasteiger partial charge in [0.1, 0.15) is 0 Å². The van der Waals surface area contributed by atoms with Crippen LogP contribution in [0.1, 0.15) is 5.56 Å². The first-order valence-corrected chi connectivity index (χ1v) is 16.0. The fourth-order valence-electron chi connectivity index (χ4n) is 3.32. The lowest BCUT2D eigenvalue weighted by atomic mass is 10.2. The van der Waals surface area contributed by atoms with Crippen LogP contribution in [0.25, 0.3) is 0 Å². The molecule has 0 heterocycles. The molecule has 4 amide bonds. The third kappa shape index (κ3) is 9.50. The Balaban J connectivity index is 1.63. The van der Waals surface area contributed by atoms with Gasteiger partial charge in [0.15, 0.2) is 10.2 Å². The zero-order chi connectivity index (χ0) is 31.8. The number of rotatable bonds is 8. The number of hydrogen-bond donors (Lipinski definition) is 8. The number of anilines is 4. The molecule has 8 N–H and O–H groups in total. The van der Waals surface area contributed by atoms with E-state index in [2.05, 4.69) is 31.9 Å². The summed E-state index contributed by atoms with van der Waals surface area (Å²) in [5, 5.41) is 16.6. The zero-order valence-corrected chi connectivity index (χ0v) is 26.2. The highest BCUT2D eigenvalue weighted by atomic mass is 32.2. The number of benzene rings is 3. The Morgan fingerprint density at radius 3 is 1.40 bits per heavy atom. The number of hydrogen-bond acceptors (Lipinski definition) is 8. The topological polar surface area (TPSA) is 199 Å². The summed E-state index contributed by atoms with van der Waals surface area (Å²) in [7, 11) is -5.19. The Hall–Kier alpha value is -4.52. The Kier molecular flexibility index (Phi) is 10.8. The summed E-state index contributed by atoms with van der Waals surface area (Å²) in [6.07, 6.45) is 0. The lowest BCUT2D eigenvalue weighted by Gasteiger charge is -2.14. The number of amides is 4. The molecule has 0 aliphatic rings. The Morgan fingerprint density at radius 2 is 0.977 bits per heavy atom. The van der Waals surface area contributed by atoms with Crippen LogP contribution in [0.3, 0.4) is 0 Å². The molecule has 18 heteroatoms. The molecule has 0 aliphatic heterocycles. The van der Waals surface area contributed by atoms with Crippen molar-refractivity contribution in [1.82, 2.24) is 20.1 Å². The third-order valence-corrected chi connectivity index (χ3v) is 8.80. The molecule has 0 fully saturated rings. The summed E-state index contributed by atoms with van der Waals surface area (Å²) in [5.41, 5.74) is 1.91. The minimum absolute atomic E-state index is 0.124. The van der Waals surface area contributed by atoms with Crippen LogP contribution in [0.15, 0.2) is 76.5 Å². The first kappa shape index (κ1) is 33.0. The molecule has 0 aliphatic carbocycles. The van der Waals surface area contributed by atoms with Crippen LogP contribution in [0.5, 0.6) is 0 Å². The van der Waals surface area contributed by atoms with Crippen LogP contribution in [0, 0.1) is 6.92 Å². The molecule has 0 bridgehead atoms. The fraction of sp³-hybridized carbons (Fsp3) is 0.120. The second-order valence-electron chi connectivity index (χ2n) is 8.61. The molecule has 0 unspecified atom stereocenters. The van der Waals surface area contributed by atoms with Crippen LogP contribution in [0.4, 0.5) is 32.3 Å². The maximum Gasteiger partial charge on any atom is 0.333 e. The number of urea groups is 2. The van der Waals surface area contributed by atoms with Crippen molar-refractivity contribution in [2.75, 3.05) is 35.4 Å². The Bertz CT molecular complexity index is 1750. The van der Waals surface area contributed by atoms with Crippen molar-refractivity contribution in [2.24, 2.45) is 0 Å². The number of carbonyl (C=O) groups excluding carboxylic acids is 2. The van der Waals surface area contributed by atoms with E-state index in [1.54, 1.807) is 21.0 Å². The maximum absolute atomic E-state index is 12.7. The van der Waals surface area contributed by atoms with Crippen LogP contribution in [0.2, 0.25) is 0 Å². The molecule has 0 atom stereocenters. The SMILES string of the molecule is CNC(=S)Nc1ccc(S(=O)(=O)NC(=O)Nc2ccc(C)c(NC(=O)NS(=O)(=O)c3ccc(NC(=S)NC)cc3)c2)cc1. The molecule has 0 aromatic heterocycles. The summed E-state index contributed by atoms with van der Waals surface area (Å²) in [5.74, 6) is 0. The summed E-state index contributed by atoms with van der Waals surface area (Å²) >= 11 is 10.00. The third-order valence-electron chi connectivity index (χ3n) is 5.50. The molecule has 43 heavy (non-hydrogen) atoms. The molecular weight excluding hydrogens is 637 g/mol.